The van der Waals surface area contributed by atoms with Gasteiger partial charge in [-0.3, -0.25) is 15.2 Å². The van der Waals surface area contributed by atoms with E-state index in [-0.39, 0.29) is 42.0 Å². The third-order valence-corrected chi connectivity index (χ3v) is 4.90. The van der Waals surface area contributed by atoms with Crippen molar-refractivity contribution >= 4 is 23.2 Å². The van der Waals surface area contributed by atoms with Gasteiger partial charge in [0.2, 0.25) is 0 Å². The van der Waals surface area contributed by atoms with Crippen molar-refractivity contribution in [3.63, 3.8) is 0 Å². The van der Waals surface area contributed by atoms with Gasteiger partial charge in [-0.1, -0.05) is 17.7 Å². The number of rotatable bonds is 3. The maximum Gasteiger partial charge on any atom is 0.417 e. The van der Waals surface area contributed by atoms with Crippen LogP contribution in [0.25, 0.3) is 0 Å². The molecule has 1 aromatic carbocycles. The molecule has 0 spiro atoms. The fourth-order valence-electron chi connectivity index (χ4n) is 3.06. The first-order valence-corrected chi connectivity index (χ1v) is 8.79. The van der Waals surface area contributed by atoms with Crippen molar-refractivity contribution in [2.75, 3.05) is 13.1 Å². The third kappa shape index (κ3) is 4.24. The highest BCUT2D eigenvalue weighted by Crippen LogP contribution is 2.36. The summed E-state index contributed by atoms with van der Waals surface area (Å²) in [7, 11) is 0. The first kappa shape index (κ1) is 20.8. The van der Waals surface area contributed by atoms with Gasteiger partial charge in [0.25, 0.3) is 5.91 Å². The molecule has 152 valence electrons. The highest BCUT2D eigenvalue weighted by molar-refractivity contribution is 6.34. The van der Waals surface area contributed by atoms with Crippen molar-refractivity contribution in [1.29, 1.82) is 5.41 Å². The van der Waals surface area contributed by atoms with E-state index in [0.717, 1.165) is 24.4 Å². The summed E-state index contributed by atoms with van der Waals surface area (Å²) in [4.78, 5) is 17.7. The largest absolute Gasteiger partial charge is 0.417 e. The number of nitrogens with one attached hydrogen (secondary N) is 1. The molecule has 29 heavy (non-hydrogen) atoms. The highest BCUT2D eigenvalue weighted by atomic mass is 35.5. The van der Waals surface area contributed by atoms with Crippen LogP contribution in [0.1, 0.15) is 27.9 Å². The smallest absolute Gasteiger partial charge is 0.400 e. The molecule has 5 nitrogen and oxygen atoms in total. The molecule has 0 aliphatic carbocycles. The lowest BCUT2D eigenvalue weighted by Gasteiger charge is -2.30. The second kappa shape index (κ2) is 7.82. The second-order valence-electron chi connectivity index (χ2n) is 6.41. The zero-order valence-electron chi connectivity index (χ0n) is 14.9. The minimum Gasteiger partial charge on any atom is -0.400 e. The minimum atomic E-state index is -4.69. The Bertz CT molecular complexity index is 1020. The maximum absolute atomic E-state index is 13.3. The number of hydrogen-bond donors (Lipinski definition) is 2. The summed E-state index contributed by atoms with van der Waals surface area (Å²) < 4.78 is 52.5. The molecule has 0 unspecified atom stereocenters. The van der Waals surface area contributed by atoms with E-state index in [1.54, 1.807) is 0 Å². The first-order chi connectivity index (χ1) is 13.6. The van der Waals surface area contributed by atoms with Gasteiger partial charge < -0.3 is 10.6 Å². The van der Waals surface area contributed by atoms with E-state index >= 15 is 0 Å². The van der Waals surface area contributed by atoms with Gasteiger partial charge in [-0.15, -0.1) is 0 Å². The predicted octanol–water partition coefficient (Wildman–Crippen LogP) is 4.02. The van der Waals surface area contributed by atoms with Gasteiger partial charge in [0.15, 0.2) is 0 Å². The van der Waals surface area contributed by atoms with Crippen molar-refractivity contribution < 1.29 is 22.4 Å². The molecular weight excluding hydrogens is 412 g/mol. The van der Waals surface area contributed by atoms with Crippen molar-refractivity contribution in [2.24, 2.45) is 5.73 Å². The summed E-state index contributed by atoms with van der Waals surface area (Å²) in [6.07, 6.45) is -2.17. The van der Waals surface area contributed by atoms with E-state index in [2.05, 4.69) is 4.98 Å². The van der Waals surface area contributed by atoms with Gasteiger partial charge in [0, 0.05) is 29.6 Å². The molecule has 10 heteroatoms. The average molecular weight is 427 g/mol. The number of nitrogens with two attached hydrogens (primary N) is 1. The Morgan fingerprint density at radius 1 is 1.28 bits per heavy atom. The van der Waals surface area contributed by atoms with E-state index in [1.807, 2.05) is 0 Å². The zero-order chi connectivity index (χ0) is 21.3. The first-order valence-electron chi connectivity index (χ1n) is 8.42. The lowest BCUT2D eigenvalue weighted by atomic mass is 9.95. The predicted molar refractivity (Wildman–Crippen MR) is 99.2 cm³/mol. The second-order valence-corrected chi connectivity index (χ2v) is 6.79. The molecule has 0 atom stereocenters. The lowest BCUT2D eigenvalue weighted by Crippen LogP contribution is -2.40. The van der Waals surface area contributed by atoms with Crippen LogP contribution in [0.5, 0.6) is 0 Å². The number of carbonyl (C=O) groups excluding carboxylic acids is 1. The van der Waals surface area contributed by atoms with Crippen LogP contribution >= 0.6 is 11.6 Å². The van der Waals surface area contributed by atoms with E-state index in [0.29, 0.717) is 5.57 Å². The van der Waals surface area contributed by atoms with Crippen LogP contribution in [0.3, 0.4) is 0 Å². The molecular formula is C19H15ClF4N4O. The number of nitrogens with zero attached hydrogens (tertiary/aromatic N) is 2. The van der Waals surface area contributed by atoms with Crippen LogP contribution in [0.4, 0.5) is 17.6 Å². The topological polar surface area (TPSA) is 83.1 Å². The highest BCUT2D eigenvalue weighted by Gasteiger charge is 2.35. The number of amides is 1. The maximum atomic E-state index is 13.3. The molecule has 1 aromatic heterocycles. The molecule has 1 amide bonds. The van der Waals surface area contributed by atoms with Gasteiger partial charge >= 0.3 is 6.18 Å². The van der Waals surface area contributed by atoms with Gasteiger partial charge in [0.05, 0.1) is 34.6 Å². The van der Waals surface area contributed by atoms with E-state index in [9.17, 15) is 22.4 Å². The monoisotopic (exact) mass is 426 g/mol. The molecule has 3 rings (SSSR count). The number of carbonyl (C=O) groups is 1. The van der Waals surface area contributed by atoms with Crippen molar-refractivity contribution in [1.82, 2.24) is 9.88 Å². The Morgan fingerprint density at radius 2 is 2.00 bits per heavy atom. The molecule has 3 N–H and O–H groups in total. The molecule has 2 heterocycles. The van der Waals surface area contributed by atoms with Crippen molar-refractivity contribution in [3.05, 3.63) is 75.5 Å². The summed E-state index contributed by atoms with van der Waals surface area (Å²) in [5.74, 6) is -1.29. The third-order valence-electron chi connectivity index (χ3n) is 4.50. The van der Waals surface area contributed by atoms with Crippen LogP contribution < -0.4 is 5.73 Å². The van der Waals surface area contributed by atoms with E-state index in [1.165, 1.54) is 17.2 Å². The molecule has 0 saturated heterocycles. The van der Waals surface area contributed by atoms with Crippen LogP contribution in [-0.4, -0.2) is 34.6 Å². The molecule has 0 radical (unpaired) electrons. The SMILES string of the molecule is N=C(C1=C(N)CN(C(=O)c2cccc(C(F)(F)F)c2Cl)CC1)c1cncc(F)c1. The number of halogens is 5. The van der Waals surface area contributed by atoms with Crippen LogP contribution in [0.15, 0.2) is 47.9 Å². The fourth-order valence-corrected chi connectivity index (χ4v) is 3.37. The summed E-state index contributed by atoms with van der Waals surface area (Å²) in [5.41, 5.74) is 5.50. The number of benzene rings is 1. The van der Waals surface area contributed by atoms with Crippen LogP contribution in [-0.2, 0) is 6.18 Å². The Hall–Kier alpha value is -2.94. The van der Waals surface area contributed by atoms with Crippen molar-refractivity contribution in [2.45, 2.75) is 12.6 Å². The quantitative estimate of drug-likeness (QED) is 0.574. The average Bonchev–Trinajstić information content (AvgIpc) is 2.66. The minimum absolute atomic E-state index is 0.0151. The molecule has 2 aromatic rings. The normalized spacial score (nSPS) is 14.9. The Morgan fingerprint density at radius 3 is 2.62 bits per heavy atom. The summed E-state index contributed by atoms with van der Waals surface area (Å²) in [5, 5.41) is 7.56. The Labute approximate surface area is 168 Å². The van der Waals surface area contributed by atoms with Gasteiger partial charge in [-0.2, -0.15) is 13.2 Å². The van der Waals surface area contributed by atoms with Gasteiger partial charge in [-0.25, -0.2) is 4.39 Å². The van der Waals surface area contributed by atoms with Crippen LogP contribution in [0.2, 0.25) is 5.02 Å². The molecule has 1 aliphatic heterocycles. The fraction of sp³-hybridized carbons (Fsp3) is 0.211. The Balaban J connectivity index is 1.84. The number of pyridine rings is 1. The summed E-state index contributed by atoms with van der Waals surface area (Å²) in [6, 6.07) is 4.28. The standard InChI is InChI=1S/C19H15ClF4N4O/c20-16-13(2-1-3-14(16)19(22,23)24)18(29)28-5-4-12(15(25)9-28)17(26)10-6-11(21)8-27-7-10/h1-3,6-8,26H,4-5,9,25H2. The Kier molecular flexibility index (Phi) is 5.61. The zero-order valence-corrected chi connectivity index (χ0v) is 15.6. The molecule has 1 aliphatic rings. The van der Waals surface area contributed by atoms with E-state index in [4.69, 9.17) is 22.7 Å². The summed E-state index contributed by atoms with van der Waals surface area (Å²) in [6.45, 7) is 0.0262. The number of hydrogen-bond acceptors (Lipinski definition) is 4. The van der Waals surface area contributed by atoms with Crippen molar-refractivity contribution in [3.8, 4) is 0 Å². The number of alkyl halides is 3. The number of aromatic nitrogens is 1. The molecule has 0 saturated carbocycles. The molecule has 0 bridgehead atoms. The van der Waals surface area contributed by atoms with Crippen LogP contribution in [0, 0.1) is 11.2 Å². The van der Waals surface area contributed by atoms with Gasteiger partial charge in [0.1, 0.15) is 5.82 Å². The summed E-state index contributed by atoms with van der Waals surface area (Å²) >= 11 is 5.83. The molecule has 0 fully saturated rings. The van der Waals surface area contributed by atoms with E-state index < -0.39 is 28.5 Å². The van der Waals surface area contributed by atoms with Gasteiger partial charge in [-0.05, 0) is 24.6 Å². The lowest BCUT2D eigenvalue weighted by molar-refractivity contribution is -0.137.